The Labute approximate surface area is 175 Å². The Morgan fingerprint density at radius 2 is 1.61 bits per heavy atom. The first-order valence-corrected chi connectivity index (χ1v) is 10.8. The normalized spacial score (nSPS) is 11.5. The maximum atomic E-state index is 12.5. The molecular weight excluding hydrogens is 423 g/mol. The SMILES string of the molecule is CCN(CC)S(=O)(=O)c1ccc(CNC(=O)c2cc(Cl)c(OC)c(Cl)c2)cc1. The zero-order valence-electron chi connectivity index (χ0n) is 15.8. The average molecular weight is 445 g/mol. The number of ether oxygens (including phenoxy) is 1. The van der Waals surface area contributed by atoms with Crippen LogP contribution in [0.25, 0.3) is 0 Å². The van der Waals surface area contributed by atoms with Crippen LogP contribution in [0.2, 0.25) is 10.0 Å². The van der Waals surface area contributed by atoms with Crippen LogP contribution in [0.4, 0.5) is 0 Å². The predicted octanol–water partition coefficient (Wildman–Crippen LogP) is 3.96. The van der Waals surface area contributed by atoms with Crippen LogP contribution in [-0.4, -0.2) is 38.8 Å². The summed E-state index contributed by atoms with van der Waals surface area (Å²) in [4.78, 5) is 12.6. The van der Waals surface area contributed by atoms with E-state index < -0.39 is 10.0 Å². The minimum Gasteiger partial charge on any atom is -0.494 e. The number of hydrogen-bond donors (Lipinski definition) is 1. The lowest BCUT2D eigenvalue weighted by Gasteiger charge is -2.18. The fraction of sp³-hybridized carbons (Fsp3) is 0.316. The van der Waals surface area contributed by atoms with Crippen molar-refractivity contribution >= 4 is 39.1 Å². The van der Waals surface area contributed by atoms with Crippen LogP contribution in [0.5, 0.6) is 5.75 Å². The van der Waals surface area contributed by atoms with Gasteiger partial charge in [0.1, 0.15) is 0 Å². The number of sulfonamides is 1. The molecule has 0 saturated carbocycles. The molecule has 0 unspecified atom stereocenters. The smallest absolute Gasteiger partial charge is 0.251 e. The second kappa shape index (κ2) is 9.60. The number of benzene rings is 2. The third-order valence-corrected chi connectivity index (χ3v) is 6.81. The van der Waals surface area contributed by atoms with Gasteiger partial charge in [-0.15, -0.1) is 0 Å². The molecule has 0 atom stereocenters. The highest BCUT2D eigenvalue weighted by Gasteiger charge is 2.21. The fourth-order valence-electron chi connectivity index (χ4n) is 2.66. The van der Waals surface area contributed by atoms with E-state index in [1.54, 1.807) is 26.0 Å². The van der Waals surface area contributed by atoms with Gasteiger partial charge >= 0.3 is 0 Å². The summed E-state index contributed by atoms with van der Waals surface area (Å²) in [6.07, 6.45) is 0. The van der Waals surface area contributed by atoms with E-state index >= 15 is 0 Å². The monoisotopic (exact) mass is 444 g/mol. The van der Waals surface area contributed by atoms with E-state index in [2.05, 4.69) is 5.32 Å². The maximum Gasteiger partial charge on any atom is 0.251 e. The van der Waals surface area contributed by atoms with Crippen LogP contribution < -0.4 is 10.1 Å². The molecule has 9 heteroatoms. The molecule has 28 heavy (non-hydrogen) atoms. The fourth-order valence-corrected chi connectivity index (χ4v) is 4.76. The van der Waals surface area contributed by atoms with Crippen LogP contribution in [-0.2, 0) is 16.6 Å². The van der Waals surface area contributed by atoms with Gasteiger partial charge in [0.25, 0.3) is 5.91 Å². The van der Waals surface area contributed by atoms with Crippen molar-refractivity contribution in [2.75, 3.05) is 20.2 Å². The highest BCUT2D eigenvalue weighted by Crippen LogP contribution is 2.33. The van der Waals surface area contributed by atoms with Gasteiger partial charge < -0.3 is 10.1 Å². The van der Waals surface area contributed by atoms with Crippen molar-refractivity contribution < 1.29 is 17.9 Å². The summed E-state index contributed by atoms with van der Waals surface area (Å²) >= 11 is 12.1. The molecule has 0 aliphatic rings. The predicted molar refractivity (Wildman–Crippen MR) is 111 cm³/mol. The minimum absolute atomic E-state index is 0.222. The zero-order valence-corrected chi connectivity index (χ0v) is 18.2. The van der Waals surface area contributed by atoms with Gasteiger partial charge in [-0.05, 0) is 29.8 Å². The van der Waals surface area contributed by atoms with Gasteiger partial charge in [0, 0.05) is 25.2 Å². The molecule has 0 aliphatic carbocycles. The molecule has 0 heterocycles. The van der Waals surface area contributed by atoms with Crippen LogP contribution in [0.3, 0.4) is 0 Å². The van der Waals surface area contributed by atoms with Crippen LogP contribution in [0.15, 0.2) is 41.3 Å². The van der Waals surface area contributed by atoms with Crippen molar-refractivity contribution in [1.29, 1.82) is 0 Å². The first-order chi connectivity index (χ1) is 13.2. The molecule has 0 spiro atoms. The first-order valence-electron chi connectivity index (χ1n) is 8.64. The molecule has 0 aromatic heterocycles. The molecule has 0 saturated heterocycles. The number of rotatable bonds is 8. The van der Waals surface area contributed by atoms with Crippen molar-refractivity contribution in [3.8, 4) is 5.75 Å². The quantitative estimate of drug-likeness (QED) is 0.668. The summed E-state index contributed by atoms with van der Waals surface area (Å²) in [5, 5.41) is 3.24. The number of carbonyl (C=O) groups excluding carboxylic acids is 1. The lowest BCUT2D eigenvalue weighted by Crippen LogP contribution is -2.30. The Bertz CT molecular complexity index is 920. The highest BCUT2D eigenvalue weighted by molar-refractivity contribution is 7.89. The van der Waals surface area contributed by atoms with Gasteiger partial charge in [0.2, 0.25) is 10.0 Å². The van der Waals surface area contributed by atoms with Gasteiger partial charge in [0.15, 0.2) is 5.75 Å². The second-order valence-electron chi connectivity index (χ2n) is 5.89. The molecule has 0 radical (unpaired) electrons. The standard InChI is InChI=1S/C19H22Cl2N2O4S/c1-4-23(5-2)28(25,26)15-8-6-13(7-9-15)12-22-19(24)14-10-16(20)18(27-3)17(21)11-14/h6-11H,4-5,12H2,1-3H3,(H,22,24). The van der Waals surface area contributed by atoms with Crippen LogP contribution in [0.1, 0.15) is 29.8 Å². The van der Waals surface area contributed by atoms with Crippen molar-refractivity contribution in [3.63, 3.8) is 0 Å². The second-order valence-corrected chi connectivity index (χ2v) is 8.64. The topological polar surface area (TPSA) is 75.7 Å². The lowest BCUT2D eigenvalue weighted by molar-refractivity contribution is 0.0951. The molecule has 2 aromatic rings. The molecule has 0 aliphatic heterocycles. The summed E-state index contributed by atoms with van der Waals surface area (Å²) in [6, 6.07) is 9.37. The molecule has 2 rings (SSSR count). The Morgan fingerprint density at radius 3 is 2.07 bits per heavy atom. The van der Waals surface area contributed by atoms with Crippen molar-refractivity contribution in [2.45, 2.75) is 25.3 Å². The van der Waals surface area contributed by atoms with E-state index in [4.69, 9.17) is 27.9 Å². The Hall–Kier alpha value is -1.80. The zero-order chi connectivity index (χ0) is 20.9. The van der Waals surface area contributed by atoms with Gasteiger partial charge in [-0.1, -0.05) is 49.2 Å². The molecule has 1 amide bonds. The molecule has 6 nitrogen and oxygen atoms in total. The van der Waals surface area contributed by atoms with E-state index in [1.165, 1.54) is 35.7 Å². The number of nitrogens with zero attached hydrogens (tertiary/aromatic N) is 1. The third kappa shape index (κ3) is 4.97. The lowest BCUT2D eigenvalue weighted by atomic mass is 10.2. The van der Waals surface area contributed by atoms with Gasteiger partial charge in [-0.2, -0.15) is 4.31 Å². The van der Waals surface area contributed by atoms with Crippen molar-refractivity contribution in [2.24, 2.45) is 0 Å². The molecule has 1 N–H and O–H groups in total. The number of methoxy groups -OCH3 is 1. The van der Waals surface area contributed by atoms with Crippen LogP contribution in [0, 0.1) is 0 Å². The third-order valence-electron chi connectivity index (χ3n) is 4.18. The first kappa shape index (κ1) is 22.5. The Kier molecular flexibility index (Phi) is 7.71. The number of hydrogen-bond acceptors (Lipinski definition) is 4. The summed E-state index contributed by atoms with van der Waals surface area (Å²) in [6.45, 7) is 4.63. The van der Waals surface area contributed by atoms with Gasteiger partial charge in [-0.3, -0.25) is 4.79 Å². The molecule has 152 valence electrons. The van der Waals surface area contributed by atoms with Gasteiger partial charge in [0.05, 0.1) is 22.1 Å². The van der Waals surface area contributed by atoms with Crippen molar-refractivity contribution in [3.05, 3.63) is 57.6 Å². The minimum atomic E-state index is -3.50. The molecular formula is C19H22Cl2N2O4S. The summed E-state index contributed by atoms with van der Waals surface area (Å²) in [7, 11) is -2.06. The maximum absolute atomic E-state index is 12.5. The average Bonchev–Trinajstić information content (AvgIpc) is 2.67. The number of nitrogens with one attached hydrogen (secondary N) is 1. The summed E-state index contributed by atoms with van der Waals surface area (Å²) in [5.74, 6) is -0.0452. The van der Waals surface area contributed by atoms with E-state index in [9.17, 15) is 13.2 Å². The Morgan fingerprint density at radius 1 is 1.07 bits per heavy atom. The largest absolute Gasteiger partial charge is 0.494 e. The number of halogens is 2. The van der Waals surface area contributed by atoms with E-state index in [1.807, 2.05) is 0 Å². The van der Waals surface area contributed by atoms with Gasteiger partial charge in [-0.25, -0.2) is 8.42 Å². The van der Waals surface area contributed by atoms with Crippen LogP contribution >= 0.6 is 23.2 Å². The molecule has 0 bridgehead atoms. The number of amides is 1. The Balaban J connectivity index is 2.09. The van der Waals surface area contributed by atoms with E-state index in [-0.39, 0.29) is 27.4 Å². The summed E-state index contributed by atoms with van der Waals surface area (Å²) in [5.41, 5.74) is 1.06. The van der Waals surface area contributed by atoms with E-state index in [0.29, 0.717) is 24.4 Å². The molecule has 2 aromatic carbocycles. The highest BCUT2D eigenvalue weighted by atomic mass is 35.5. The molecule has 0 fully saturated rings. The van der Waals surface area contributed by atoms with Crippen molar-refractivity contribution in [1.82, 2.24) is 9.62 Å². The summed E-state index contributed by atoms with van der Waals surface area (Å²) < 4.78 is 31.4. The van der Waals surface area contributed by atoms with E-state index in [0.717, 1.165) is 5.56 Å². The number of carbonyl (C=O) groups is 1.